The average molecular weight is 306 g/mol. The van der Waals surface area contributed by atoms with E-state index in [0.29, 0.717) is 12.1 Å². The third-order valence-corrected chi connectivity index (χ3v) is 3.92. The van der Waals surface area contributed by atoms with Gasteiger partial charge in [-0.1, -0.05) is 49.4 Å². The number of carbonyl (C=O) groups is 2. The fourth-order valence-electron chi connectivity index (χ4n) is 2.54. The topological polar surface area (TPSA) is 62.0 Å². The van der Waals surface area contributed by atoms with E-state index in [4.69, 9.17) is 0 Å². The van der Waals surface area contributed by atoms with Crippen molar-refractivity contribution in [2.75, 3.05) is 0 Å². The zero-order valence-electron chi connectivity index (χ0n) is 12.9. The number of fused-ring (bicyclic) bond motifs is 1. The first-order valence-electron chi connectivity index (χ1n) is 7.65. The maximum Gasteiger partial charge on any atom is 0.292 e. The minimum atomic E-state index is -0.589. The molecule has 2 aromatic carbocycles. The Hall–Kier alpha value is -2.88. The molecule has 0 atom stereocenters. The molecule has 0 unspecified atom stereocenters. The number of ketones is 1. The van der Waals surface area contributed by atoms with E-state index >= 15 is 0 Å². The van der Waals surface area contributed by atoms with Gasteiger partial charge < -0.3 is 10.3 Å². The zero-order valence-corrected chi connectivity index (χ0v) is 12.9. The third kappa shape index (κ3) is 3.16. The van der Waals surface area contributed by atoms with Crippen molar-refractivity contribution in [3.8, 4) is 0 Å². The van der Waals surface area contributed by atoms with Crippen LogP contribution in [0.15, 0.2) is 54.7 Å². The second-order valence-corrected chi connectivity index (χ2v) is 5.43. The SMILES string of the molecule is CCc1ccc(CNC(=O)C(=O)c2c[nH]c3ccccc23)cc1. The molecule has 4 heteroatoms. The van der Waals surface area contributed by atoms with E-state index in [0.717, 1.165) is 22.9 Å². The van der Waals surface area contributed by atoms with Crippen molar-refractivity contribution in [1.82, 2.24) is 10.3 Å². The first kappa shape index (κ1) is 15.0. The van der Waals surface area contributed by atoms with Gasteiger partial charge in [-0.05, 0) is 23.6 Å². The number of H-pyrrole nitrogens is 1. The zero-order chi connectivity index (χ0) is 16.2. The molecule has 0 spiro atoms. The maximum absolute atomic E-state index is 12.3. The fraction of sp³-hybridized carbons (Fsp3) is 0.158. The van der Waals surface area contributed by atoms with Crippen molar-refractivity contribution in [3.63, 3.8) is 0 Å². The molecule has 0 aliphatic heterocycles. The largest absolute Gasteiger partial charge is 0.360 e. The Balaban J connectivity index is 1.69. The summed E-state index contributed by atoms with van der Waals surface area (Å²) in [6.45, 7) is 2.44. The first-order valence-corrected chi connectivity index (χ1v) is 7.65. The molecule has 2 N–H and O–H groups in total. The Bertz CT molecular complexity index is 847. The van der Waals surface area contributed by atoms with E-state index in [1.54, 1.807) is 6.20 Å². The summed E-state index contributed by atoms with van der Waals surface area (Å²) in [7, 11) is 0. The lowest BCUT2D eigenvalue weighted by Gasteiger charge is -2.05. The van der Waals surface area contributed by atoms with Gasteiger partial charge in [-0.2, -0.15) is 0 Å². The van der Waals surface area contributed by atoms with Gasteiger partial charge in [-0.15, -0.1) is 0 Å². The van der Waals surface area contributed by atoms with Gasteiger partial charge in [0.2, 0.25) is 0 Å². The average Bonchev–Trinajstić information content (AvgIpc) is 3.03. The predicted molar refractivity (Wildman–Crippen MR) is 90.3 cm³/mol. The number of aromatic amines is 1. The Kier molecular flexibility index (Phi) is 4.24. The standard InChI is InChI=1S/C19H18N2O2/c1-2-13-7-9-14(10-8-13)11-21-19(23)18(22)16-12-20-17-6-4-3-5-15(16)17/h3-10,12,20H,2,11H2,1H3,(H,21,23). The molecular formula is C19H18N2O2. The Morgan fingerprint density at radius 1 is 1.00 bits per heavy atom. The lowest BCUT2D eigenvalue weighted by atomic mass is 10.1. The molecule has 0 radical (unpaired) electrons. The van der Waals surface area contributed by atoms with Gasteiger partial charge in [0.1, 0.15) is 0 Å². The lowest BCUT2D eigenvalue weighted by Crippen LogP contribution is -2.30. The number of para-hydroxylation sites is 1. The van der Waals surface area contributed by atoms with Crippen molar-refractivity contribution in [2.24, 2.45) is 0 Å². The van der Waals surface area contributed by atoms with Crippen LogP contribution in [0.1, 0.15) is 28.4 Å². The number of benzene rings is 2. The molecule has 116 valence electrons. The van der Waals surface area contributed by atoms with Gasteiger partial charge in [0, 0.05) is 23.6 Å². The Labute approximate surface area is 134 Å². The highest BCUT2D eigenvalue weighted by molar-refractivity contribution is 6.44. The molecule has 0 saturated carbocycles. The van der Waals surface area contributed by atoms with Crippen molar-refractivity contribution < 1.29 is 9.59 Å². The van der Waals surface area contributed by atoms with Gasteiger partial charge in [-0.3, -0.25) is 9.59 Å². The summed E-state index contributed by atoms with van der Waals surface area (Å²) in [5.74, 6) is -1.11. The van der Waals surface area contributed by atoms with Gasteiger partial charge in [0.15, 0.2) is 0 Å². The minimum absolute atomic E-state index is 0.344. The van der Waals surface area contributed by atoms with Crippen LogP contribution < -0.4 is 5.32 Å². The van der Waals surface area contributed by atoms with E-state index in [-0.39, 0.29) is 0 Å². The van der Waals surface area contributed by atoms with Gasteiger partial charge >= 0.3 is 0 Å². The van der Waals surface area contributed by atoms with Crippen molar-refractivity contribution in [2.45, 2.75) is 19.9 Å². The summed E-state index contributed by atoms with van der Waals surface area (Å²) < 4.78 is 0. The summed E-state index contributed by atoms with van der Waals surface area (Å²) in [4.78, 5) is 27.4. The Morgan fingerprint density at radius 3 is 2.43 bits per heavy atom. The van der Waals surface area contributed by atoms with E-state index in [9.17, 15) is 9.59 Å². The van der Waals surface area contributed by atoms with Gasteiger partial charge in [0.05, 0.1) is 5.56 Å². The second kappa shape index (κ2) is 6.48. The number of carbonyl (C=O) groups excluding carboxylic acids is 2. The summed E-state index contributed by atoms with van der Waals surface area (Å²) in [6.07, 6.45) is 2.56. The molecule has 0 bridgehead atoms. The monoisotopic (exact) mass is 306 g/mol. The number of Topliss-reactive ketones (excluding diaryl/α,β-unsaturated/α-hetero) is 1. The first-order chi connectivity index (χ1) is 11.2. The van der Waals surface area contributed by atoms with E-state index in [2.05, 4.69) is 17.2 Å². The number of nitrogens with one attached hydrogen (secondary N) is 2. The minimum Gasteiger partial charge on any atom is -0.360 e. The van der Waals surface area contributed by atoms with Crippen molar-refractivity contribution in [1.29, 1.82) is 0 Å². The van der Waals surface area contributed by atoms with Crippen LogP contribution in [0.4, 0.5) is 0 Å². The molecule has 1 heterocycles. The van der Waals surface area contributed by atoms with Crippen LogP contribution >= 0.6 is 0 Å². The molecule has 3 rings (SSSR count). The molecule has 3 aromatic rings. The van der Waals surface area contributed by atoms with Gasteiger partial charge in [0.25, 0.3) is 11.7 Å². The molecule has 0 aliphatic carbocycles. The second-order valence-electron chi connectivity index (χ2n) is 5.43. The molecule has 0 aliphatic rings. The maximum atomic E-state index is 12.3. The highest BCUT2D eigenvalue weighted by atomic mass is 16.2. The molecule has 4 nitrogen and oxygen atoms in total. The smallest absolute Gasteiger partial charge is 0.292 e. The number of hydrogen-bond donors (Lipinski definition) is 2. The van der Waals surface area contributed by atoms with E-state index < -0.39 is 11.7 Å². The van der Waals surface area contributed by atoms with Crippen LogP contribution in [0.3, 0.4) is 0 Å². The van der Waals surface area contributed by atoms with Crippen LogP contribution in [0, 0.1) is 0 Å². The highest BCUT2D eigenvalue weighted by Crippen LogP contribution is 2.18. The number of aromatic nitrogens is 1. The lowest BCUT2D eigenvalue weighted by molar-refractivity contribution is -0.117. The molecule has 1 amide bonds. The highest BCUT2D eigenvalue weighted by Gasteiger charge is 2.19. The normalized spacial score (nSPS) is 10.7. The van der Waals surface area contributed by atoms with Crippen LogP contribution in [0.5, 0.6) is 0 Å². The van der Waals surface area contributed by atoms with Crippen LogP contribution in [0.2, 0.25) is 0 Å². The van der Waals surface area contributed by atoms with Crippen LogP contribution in [-0.2, 0) is 17.8 Å². The molecule has 0 saturated heterocycles. The molecular weight excluding hydrogens is 288 g/mol. The molecule has 1 aromatic heterocycles. The number of amides is 1. The fourth-order valence-corrected chi connectivity index (χ4v) is 2.54. The third-order valence-electron chi connectivity index (χ3n) is 3.92. The quantitative estimate of drug-likeness (QED) is 0.561. The summed E-state index contributed by atoms with van der Waals surface area (Å²) >= 11 is 0. The Morgan fingerprint density at radius 2 is 1.70 bits per heavy atom. The summed E-state index contributed by atoms with van der Waals surface area (Å²) in [6, 6.07) is 15.4. The number of aryl methyl sites for hydroxylation is 1. The van der Waals surface area contributed by atoms with E-state index in [1.807, 2.05) is 48.5 Å². The predicted octanol–water partition coefficient (Wildman–Crippen LogP) is 3.23. The van der Waals surface area contributed by atoms with Crippen molar-refractivity contribution >= 4 is 22.6 Å². The summed E-state index contributed by atoms with van der Waals surface area (Å²) in [5, 5.41) is 3.45. The molecule has 23 heavy (non-hydrogen) atoms. The number of rotatable bonds is 5. The summed E-state index contributed by atoms with van der Waals surface area (Å²) in [5.41, 5.74) is 3.47. The van der Waals surface area contributed by atoms with Crippen LogP contribution in [0.25, 0.3) is 10.9 Å². The van der Waals surface area contributed by atoms with E-state index in [1.165, 1.54) is 5.56 Å². The van der Waals surface area contributed by atoms with Crippen LogP contribution in [-0.4, -0.2) is 16.7 Å². The van der Waals surface area contributed by atoms with Crippen molar-refractivity contribution in [3.05, 3.63) is 71.4 Å². The molecule has 0 fully saturated rings. The van der Waals surface area contributed by atoms with Gasteiger partial charge in [-0.25, -0.2) is 0 Å². The number of hydrogen-bond acceptors (Lipinski definition) is 2.